The van der Waals surface area contributed by atoms with Crippen molar-refractivity contribution < 1.29 is 0 Å². The van der Waals surface area contributed by atoms with Gasteiger partial charge in [-0.15, -0.1) is 0 Å². The molecule has 0 amide bonds. The lowest BCUT2D eigenvalue weighted by Gasteiger charge is -2.47. The molecular formula is C55H42. The molecule has 0 saturated heterocycles. The molecule has 0 N–H and O–H groups in total. The molecule has 0 aromatic heterocycles. The Bertz CT molecular complexity index is 2850. The van der Waals surface area contributed by atoms with Gasteiger partial charge in [0.15, 0.2) is 0 Å². The molecule has 2 atom stereocenters. The third-order valence-electron chi connectivity index (χ3n) is 13.2. The first kappa shape index (κ1) is 32.2. The molecule has 3 aliphatic carbocycles. The van der Waals surface area contributed by atoms with E-state index in [0.29, 0.717) is 5.92 Å². The molecule has 0 aliphatic heterocycles. The minimum atomic E-state index is -0.369. The topological polar surface area (TPSA) is 0 Å². The van der Waals surface area contributed by atoms with Crippen molar-refractivity contribution in [3.05, 3.63) is 233 Å². The van der Waals surface area contributed by atoms with Gasteiger partial charge < -0.3 is 0 Å². The zero-order valence-corrected chi connectivity index (χ0v) is 31.3. The van der Waals surface area contributed by atoms with Crippen LogP contribution in [0.1, 0.15) is 65.1 Å². The molecule has 0 bridgehead atoms. The average molecular weight is 703 g/mol. The fourth-order valence-electron chi connectivity index (χ4n) is 10.8. The number of fused-ring (bicyclic) bond motifs is 15. The second kappa shape index (κ2) is 12.1. The molecule has 0 heterocycles. The summed E-state index contributed by atoms with van der Waals surface area (Å²) in [7, 11) is 0. The summed E-state index contributed by atoms with van der Waals surface area (Å²) in [6, 6.07) is 61.7. The van der Waals surface area contributed by atoms with E-state index in [9.17, 15) is 0 Å². The lowest BCUT2D eigenvalue weighted by atomic mass is 9.54. The molecule has 0 saturated carbocycles. The third-order valence-corrected chi connectivity index (χ3v) is 13.2. The molecule has 8 aromatic carbocycles. The first-order valence-corrected chi connectivity index (χ1v) is 19.8. The highest BCUT2D eigenvalue weighted by atomic mass is 14.6. The van der Waals surface area contributed by atoms with Crippen molar-refractivity contribution in [1.29, 1.82) is 0 Å². The SMILES string of the molecule is CC1(C)c2ccccc2C2(C3=CC=CC(C/C=C/c4ccccc4)C3c3cc(-c4ccc5c6ccccc6c6ccccc6c5c4)ccc32)c2ccccc21. The van der Waals surface area contributed by atoms with Crippen molar-refractivity contribution in [1.82, 2.24) is 0 Å². The largest absolute Gasteiger partial charge is 0.0833 e. The lowest BCUT2D eigenvalue weighted by Crippen LogP contribution is -2.41. The summed E-state index contributed by atoms with van der Waals surface area (Å²) in [5, 5.41) is 7.87. The number of allylic oxidation sites excluding steroid dienone is 5. The predicted octanol–water partition coefficient (Wildman–Crippen LogP) is 14.1. The van der Waals surface area contributed by atoms with E-state index in [1.807, 2.05) is 0 Å². The van der Waals surface area contributed by atoms with Gasteiger partial charge in [0.05, 0.1) is 5.41 Å². The van der Waals surface area contributed by atoms with Crippen LogP contribution in [0.3, 0.4) is 0 Å². The molecule has 262 valence electrons. The van der Waals surface area contributed by atoms with Gasteiger partial charge in [-0.1, -0.05) is 202 Å². The van der Waals surface area contributed by atoms with Crippen molar-refractivity contribution in [2.75, 3.05) is 0 Å². The summed E-state index contributed by atoms with van der Waals surface area (Å²) >= 11 is 0. The highest BCUT2D eigenvalue weighted by molar-refractivity contribution is 6.25. The van der Waals surface area contributed by atoms with Gasteiger partial charge in [-0.2, -0.15) is 0 Å². The van der Waals surface area contributed by atoms with Gasteiger partial charge >= 0.3 is 0 Å². The van der Waals surface area contributed by atoms with Gasteiger partial charge in [0.25, 0.3) is 0 Å². The lowest BCUT2D eigenvalue weighted by molar-refractivity contribution is 0.519. The molecule has 11 rings (SSSR count). The van der Waals surface area contributed by atoms with Crippen molar-refractivity contribution in [3.8, 4) is 11.1 Å². The Balaban J connectivity index is 1.14. The van der Waals surface area contributed by atoms with Gasteiger partial charge in [0, 0.05) is 11.3 Å². The minimum absolute atomic E-state index is 0.114. The van der Waals surface area contributed by atoms with Crippen LogP contribution in [0, 0.1) is 5.92 Å². The molecule has 0 heteroatoms. The normalized spacial score (nSPS) is 18.7. The molecular weight excluding hydrogens is 661 g/mol. The molecule has 2 unspecified atom stereocenters. The number of rotatable bonds is 4. The summed E-state index contributed by atoms with van der Waals surface area (Å²) in [5.74, 6) is 0.572. The van der Waals surface area contributed by atoms with Crippen LogP contribution in [-0.4, -0.2) is 0 Å². The molecule has 0 fully saturated rings. The Labute approximate surface area is 323 Å². The average Bonchev–Trinajstić information content (AvgIpc) is 3.54. The van der Waals surface area contributed by atoms with Crippen LogP contribution in [0.4, 0.5) is 0 Å². The molecule has 0 nitrogen and oxygen atoms in total. The van der Waals surface area contributed by atoms with Crippen LogP contribution in [0.15, 0.2) is 194 Å². The van der Waals surface area contributed by atoms with Gasteiger partial charge in [-0.05, 0) is 106 Å². The van der Waals surface area contributed by atoms with E-state index < -0.39 is 0 Å². The molecule has 55 heavy (non-hydrogen) atoms. The fraction of sp³-hybridized carbons (Fsp3) is 0.127. The highest BCUT2D eigenvalue weighted by Gasteiger charge is 2.57. The number of hydrogen-bond acceptors (Lipinski definition) is 0. The molecule has 3 aliphatic rings. The standard InChI is InChI=1S/C55H42/c1-54(2)48-25-10-12-27-50(48)55(51-28-13-11-26-49(51)54)47-33-31-39(35-46(47)53-37(20-15-29-52(53)55)19-14-18-36-16-4-3-5-17-36)38-30-32-44-42-23-7-6-21-40(42)41-22-8-9-24-43(41)45(44)34-38/h3-18,20-35,37,53H,19H2,1-2H3/b18-14+. The van der Waals surface area contributed by atoms with Crippen LogP contribution in [-0.2, 0) is 10.8 Å². The second-order valence-corrected chi connectivity index (χ2v) is 16.3. The van der Waals surface area contributed by atoms with Gasteiger partial charge in [0.1, 0.15) is 0 Å². The highest BCUT2D eigenvalue weighted by Crippen LogP contribution is 2.65. The van der Waals surface area contributed by atoms with Crippen LogP contribution in [0.25, 0.3) is 49.5 Å². The summed E-state index contributed by atoms with van der Waals surface area (Å²) in [5.41, 5.74) is 13.4. The Hall–Kier alpha value is -6.24. The van der Waals surface area contributed by atoms with E-state index in [4.69, 9.17) is 0 Å². The van der Waals surface area contributed by atoms with E-state index in [1.165, 1.54) is 88.0 Å². The maximum atomic E-state index is 2.56. The zero-order valence-electron chi connectivity index (χ0n) is 31.3. The first-order valence-electron chi connectivity index (χ1n) is 19.8. The van der Waals surface area contributed by atoms with Crippen LogP contribution in [0.2, 0.25) is 0 Å². The number of hydrogen-bond donors (Lipinski definition) is 0. The van der Waals surface area contributed by atoms with Crippen LogP contribution in [0.5, 0.6) is 0 Å². The van der Waals surface area contributed by atoms with E-state index in [1.54, 1.807) is 0 Å². The Morgan fingerprint density at radius 1 is 0.491 bits per heavy atom. The van der Waals surface area contributed by atoms with Gasteiger partial charge in [0.2, 0.25) is 0 Å². The van der Waals surface area contributed by atoms with Crippen molar-refractivity contribution in [2.24, 2.45) is 5.92 Å². The summed E-state index contributed by atoms with van der Waals surface area (Å²) in [6.07, 6.45) is 13.0. The van der Waals surface area contributed by atoms with Crippen molar-refractivity contribution in [2.45, 2.75) is 37.0 Å². The van der Waals surface area contributed by atoms with Crippen molar-refractivity contribution >= 4 is 38.4 Å². The summed E-state index contributed by atoms with van der Waals surface area (Å²) in [4.78, 5) is 0. The minimum Gasteiger partial charge on any atom is -0.0833 e. The van der Waals surface area contributed by atoms with Crippen LogP contribution < -0.4 is 0 Å². The van der Waals surface area contributed by atoms with Crippen LogP contribution >= 0.6 is 0 Å². The Kier molecular flexibility index (Phi) is 7.11. The Morgan fingerprint density at radius 2 is 1.02 bits per heavy atom. The monoisotopic (exact) mass is 702 g/mol. The second-order valence-electron chi connectivity index (χ2n) is 16.3. The quantitative estimate of drug-likeness (QED) is 0.160. The third kappa shape index (κ3) is 4.58. The maximum Gasteiger partial charge on any atom is 0.0679 e. The number of benzene rings is 8. The Morgan fingerprint density at radius 3 is 1.67 bits per heavy atom. The molecule has 1 spiro atoms. The van der Waals surface area contributed by atoms with E-state index >= 15 is 0 Å². The summed E-state index contributed by atoms with van der Waals surface area (Å²) in [6.45, 7) is 4.82. The predicted molar refractivity (Wildman–Crippen MR) is 233 cm³/mol. The van der Waals surface area contributed by atoms with E-state index in [2.05, 4.69) is 208 Å². The van der Waals surface area contributed by atoms with Gasteiger partial charge in [-0.3, -0.25) is 0 Å². The van der Waals surface area contributed by atoms with E-state index in [0.717, 1.165) is 6.42 Å². The fourth-order valence-corrected chi connectivity index (χ4v) is 10.8. The molecule has 8 aromatic rings. The smallest absolute Gasteiger partial charge is 0.0679 e. The van der Waals surface area contributed by atoms with Gasteiger partial charge in [-0.25, -0.2) is 0 Å². The van der Waals surface area contributed by atoms with Crippen molar-refractivity contribution in [3.63, 3.8) is 0 Å². The maximum absolute atomic E-state index is 2.56. The molecule has 0 radical (unpaired) electrons. The van der Waals surface area contributed by atoms with E-state index in [-0.39, 0.29) is 16.7 Å². The summed E-state index contributed by atoms with van der Waals surface area (Å²) < 4.78 is 0. The zero-order chi connectivity index (χ0) is 36.7. The first-order chi connectivity index (χ1) is 27.0.